The topological polar surface area (TPSA) is 113 Å². The lowest BCUT2D eigenvalue weighted by Gasteiger charge is -2.13. The summed E-state index contributed by atoms with van der Waals surface area (Å²) in [6.45, 7) is 2.26. The first kappa shape index (κ1) is 26.4. The lowest BCUT2D eigenvalue weighted by molar-refractivity contribution is -0.124. The molecule has 0 fully saturated rings. The van der Waals surface area contributed by atoms with E-state index in [0.29, 0.717) is 39.4 Å². The number of nitrogens with zero attached hydrogens (tertiary/aromatic N) is 2. The zero-order chi connectivity index (χ0) is 25.9. The molecule has 184 valence electrons. The maximum Gasteiger partial charge on any atom is 0.240 e. The molecule has 3 rings (SSSR count). The minimum atomic E-state index is -0.376. The van der Waals surface area contributed by atoms with E-state index in [0.717, 1.165) is 11.1 Å². The van der Waals surface area contributed by atoms with Gasteiger partial charge in [0.05, 0.1) is 29.4 Å². The van der Waals surface area contributed by atoms with E-state index >= 15 is 0 Å². The van der Waals surface area contributed by atoms with Gasteiger partial charge in [-0.3, -0.25) is 9.59 Å². The van der Waals surface area contributed by atoms with E-state index in [9.17, 15) is 9.59 Å². The Balaban J connectivity index is 1.51. The molecule has 8 nitrogen and oxygen atoms in total. The van der Waals surface area contributed by atoms with Gasteiger partial charge in [0.1, 0.15) is 6.61 Å². The largest absolute Gasteiger partial charge is 0.493 e. The number of aryl methyl sites for hydroxylation is 1. The number of nitriles is 1. The Morgan fingerprint density at radius 2 is 1.75 bits per heavy atom. The van der Waals surface area contributed by atoms with Gasteiger partial charge in [-0.05, 0) is 70.4 Å². The van der Waals surface area contributed by atoms with Crippen molar-refractivity contribution in [1.82, 2.24) is 5.43 Å². The van der Waals surface area contributed by atoms with Crippen LogP contribution in [0.2, 0.25) is 0 Å². The highest BCUT2D eigenvalue weighted by molar-refractivity contribution is 9.10. The van der Waals surface area contributed by atoms with Crippen molar-refractivity contribution < 1.29 is 19.1 Å². The van der Waals surface area contributed by atoms with Crippen LogP contribution in [-0.4, -0.2) is 25.1 Å². The normalized spacial score (nSPS) is 10.5. The van der Waals surface area contributed by atoms with E-state index in [4.69, 9.17) is 14.7 Å². The van der Waals surface area contributed by atoms with E-state index in [1.165, 1.54) is 13.3 Å². The van der Waals surface area contributed by atoms with Gasteiger partial charge in [-0.25, -0.2) is 5.43 Å². The molecular weight excluding hydrogens is 524 g/mol. The molecule has 0 unspecified atom stereocenters. The predicted molar refractivity (Wildman–Crippen MR) is 141 cm³/mol. The number of halogens is 1. The van der Waals surface area contributed by atoms with Crippen LogP contribution >= 0.6 is 15.9 Å². The van der Waals surface area contributed by atoms with Crippen molar-refractivity contribution in [1.29, 1.82) is 5.26 Å². The number of carbonyl (C=O) groups excluding carboxylic acids is 2. The Hall–Kier alpha value is -4.16. The zero-order valence-electron chi connectivity index (χ0n) is 19.9. The first-order valence-corrected chi connectivity index (χ1v) is 11.8. The fraction of sp³-hybridized carbons (Fsp3) is 0.185. The van der Waals surface area contributed by atoms with Crippen LogP contribution in [0.15, 0.2) is 70.2 Å². The monoisotopic (exact) mass is 548 g/mol. The number of rotatable bonds is 10. The summed E-state index contributed by atoms with van der Waals surface area (Å²) < 4.78 is 12.0. The molecule has 0 aliphatic heterocycles. The first-order valence-electron chi connectivity index (χ1n) is 11.1. The molecule has 0 bridgehead atoms. The van der Waals surface area contributed by atoms with E-state index in [1.807, 2.05) is 43.3 Å². The molecule has 0 saturated carbocycles. The number of amides is 2. The number of hydrogen-bond acceptors (Lipinski definition) is 6. The molecule has 0 aromatic heterocycles. The Morgan fingerprint density at radius 1 is 1.06 bits per heavy atom. The Morgan fingerprint density at radius 3 is 2.42 bits per heavy atom. The van der Waals surface area contributed by atoms with Gasteiger partial charge in [0.25, 0.3) is 0 Å². The highest BCUT2D eigenvalue weighted by Crippen LogP contribution is 2.36. The molecule has 0 saturated heterocycles. The number of benzene rings is 3. The van der Waals surface area contributed by atoms with E-state index < -0.39 is 0 Å². The van der Waals surface area contributed by atoms with Crippen LogP contribution in [0, 0.1) is 18.3 Å². The third-order valence-electron chi connectivity index (χ3n) is 5.04. The molecule has 9 heteroatoms. The third kappa shape index (κ3) is 7.96. The number of ether oxygens (including phenoxy) is 2. The van der Waals surface area contributed by atoms with Crippen molar-refractivity contribution in [3.8, 4) is 17.6 Å². The minimum Gasteiger partial charge on any atom is -0.493 e. The van der Waals surface area contributed by atoms with Crippen LogP contribution in [0.1, 0.15) is 35.1 Å². The summed E-state index contributed by atoms with van der Waals surface area (Å²) in [5, 5.41) is 15.6. The third-order valence-corrected chi connectivity index (χ3v) is 5.62. The number of anilines is 1. The molecule has 3 aromatic carbocycles. The van der Waals surface area contributed by atoms with Gasteiger partial charge in [-0.15, -0.1) is 0 Å². The summed E-state index contributed by atoms with van der Waals surface area (Å²) >= 11 is 3.49. The molecule has 2 N–H and O–H groups in total. The average Bonchev–Trinajstić information content (AvgIpc) is 2.88. The summed E-state index contributed by atoms with van der Waals surface area (Å²) in [7, 11) is 1.53. The highest BCUT2D eigenvalue weighted by atomic mass is 79.9. The Labute approximate surface area is 218 Å². The number of carbonyl (C=O) groups is 2. The molecule has 36 heavy (non-hydrogen) atoms. The minimum absolute atomic E-state index is 0.00414. The van der Waals surface area contributed by atoms with E-state index in [1.54, 1.807) is 24.3 Å². The predicted octanol–water partition coefficient (Wildman–Crippen LogP) is 5.09. The van der Waals surface area contributed by atoms with Crippen molar-refractivity contribution in [2.24, 2.45) is 5.10 Å². The fourth-order valence-corrected chi connectivity index (χ4v) is 3.68. The number of nitrogens with one attached hydrogen (secondary N) is 2. The second-order valence-electron chi connectivity index (χ2n) is 7.84. The maximum atomic E-state index is 12.1. The quantitative estimate of drug-likeness (QED) is 0.270. The second-order valence-corrected chi connectivity index (χ2v) is 8.69. The molecule has 0 radical (unpaired) electrons. The number of hydrogen-bond donors (Lipinski definition) is 2. The molecule has 3 aromatic rings. The van der Waals surface area contributed by atoms with Crippen LogP contribution in [0.3, 0.4) is 0 Å². The first-order chi connectivity index (χ1) is 17.4. The lowest BCUT2D eigenvalue weighted by Crippen LogP contribution is -2.20. The molecule has 0 heterocycles. The Kier molecular flexibility index (Phi) is 9.60. The molecule has 0 spiro atoms. The van der Waals surface area contributed by atoms with Crippen LogP contribution in [0.4, 0.5) is 5.69 Å². The van der Waals surface area contributed by atoms with Crippen molar-refractivity contribution in [3.63, 3.8) is 0 Å². The smallest absolute Gasteiger partial charge is 0.240 e. The van der Waals surface area contributed by atoms with Crippen molar-refractivity contribution in [2.45, 2.75) is 26.4 Å². The summed E-state index contributed by atoms with van der Waals surface area (Å²) in [6.07, 6.45) is 1.52. The highest BCUT2D eigenvalue weighted by Gasteiger charge is 2.12. The lowest BCUT2D eigenvalue weighted by atomic mass is 10.1. The van der Waals surface area contributed by atoms with Crippen LogP contribution < -0.4 is 20.2 Å². The summed E-state index contributed by atoms with van der Waals surface area (Å²) in [4.78, 5) is 24.1. The van der Waals surface area contributed by atoms with Crippen molar-refractivity contribution in [3.05, 3.63) is 87.4 Å². The van der Waals surface area contributed by atoms with Gasteiger partial charge in [0, 0.05) is 18.5 Å². The standard InChI is InChI=1S/C27H25BrN4O4/c1-18-3-9-22(10-4-18)31-25(33)11-12-26(34)32-30-16-21-13-23(28)27(24(14-21)35-2)36-17-20-7-5-19(15-29)6-8-20/h3-10,13-14,16H,11-12,17H2,1-2H3,(H,31,33)(H,32,34). The fourth-order valence-electron chi connectivity index (χ4n) is 3.11. The van der Waals surface area contributed by atoms with Gasteiger partial charge in [0.2, 0.25) is 11.8 Å². The van der Waals surface area contributed by atoms with Gasteiger partial charge >= 0.3 is 0 Å². The van der Waals surface area contributed by atoms with Gasteiger partial charge in [-0.2, -0.15) is 10.4 Å². The van der Waals surface area contributed by atoms with Crippen molar-refractivity contribution in [2.75, 3.05) is 12.4 Å². The van der Waals surface area contributed by atoms with Gasteiger partial charge in [-0.1, -0.05) is 29.8 Å². The zero-order valence-corrected chi connectivity index (χ0v) is 21.5. The van der Waals surface area contributed by atoms with Gasteiger partial charge in [0.15, 0.2) is 11.5 Å². The molecule has 0 aliphatic carbocycles. The molecular formula is C27H25BrN4O4. The van der Waals surface area contributed by atoms with Crippen LogP contribution in [-0.2, 0) is 16.2 Å². The number of methoxy groups -OCH3 is 1. The Bertz CT molecular complexity index is 1280. The van der Waals surface area contributed by atoms with Gasteiger partial charge < -0.3 is 14.8 Å². The maximum absolute atomic E-state index is 12.1. The molecule has 0 aliphatic rings. The van der Waals surface area contributed by atoms with Crippen LogP contribution in [0.25, 0.3) is 0 Å². The van der Waals surface area contributed by atoms with E-state index in [-0.39, 0.29) is 24.7 Å². The molecule has 0 atom stereocenters. The summed E-state index contributed by atoms with van der Waals surface area (Å²) in [5.41, 5.74) is 6.37. The SMILES string of the molecule is COc1cc(C=NNC(=O)CCC(=O)Nc2ccc(C)cc2)cc(Br)c1OCc1ccc(C#N)cc1. The van der Waals surface area contributed by atoms with E-state index in [2.05, 4.69) is 37.8 Å². The van der Waals surface area contributed by atoms with Crippen LogP contribution in [0.5, 0.6) is 11.5 Å². The molecule has 2 amide bonds. The number of hydrazone groups is 1. The second kappa shape index (κ2) is 13.1. The average molecular weight is 549 g/mol. The van der Waals surface area contributed by atoms with Crippen molar-refractivity contribution >= 4 is 39.6 Å². The summed E-state index contributed by atoms with van der Waals surface area (Å²) in [5.74, 6) is 0.378. The summed E-state index contributed by atoms with van der Waals surface area (Å²) in [6, 6.07) is 20.1.